The highest BCUT2D eigenvalue weighted by atomic mass is 15.2. The topological polar surface area (TPSA) is 29.3 Å². The first-order chi connectivity index (χ1) is 9.59. The van der Waals surface area contributed by atoms with Crippen LogP contribution in [-0.2, 0) is 6.54 Å². The molecule has 112 valence electrons. The van der Waals surface area contributed by atoms with Crippen LogP contribution >= 0.6 is 0 Å². The molecule has 0 aromatic heterocycles. The average molecular weight is 274 g/mol. The van der Waals surface area contributed by atoms with E-state index in [0.29, 0.717) is 0 Å². The zero-order chi connectivity index (χ0) is 14.6. The second-order valence-electron chi connectivity index (χ2n) is 6.62. The summed E-state index contributed by atoms with van der Waals surface area (Å²) in [5.41, 5.74) is 9.10. The molecule has 1 fully saturated rings. The van der Waals surface area contributed by atoms with Crippen molar-refractivity contribution < 1.29 is 0 Å². The van der Waals surface area contributed by atoms with Gasteiger partial charge < -0.3 is 5.73 Å². The summed E-state index contributed by atoms with van der Waals surface area (Å²) in [5, 5.41) is 0. The first-order valence-corrected chi connectivity index (χ1v) is 8.06. The third kappa shape index (κ3) is 3.42. The van der Waals surface area contributed by atoms with Gasteiger partial charge in [-0.15, -0.1) is 0 Å². The first-order valence-electron chi connectivity index (χ1n) is 8.06. The minimum Gasteiger partial charge on any atom is -0.329 e. The molecule has 0 heterocycles. The third-order valence-electron chi connectivity index (χ3n) is 5.34. The molecule has 2 rings (SSSR count). The van der Waals surface area contributed by atoms with Crippen molar-refractivity contribution in [2.75, 3.05) is 13.6 Å². The number of rotatable bonds is 5. The van der Waals surface area contributed by atoms with Gasteiger partial charge in [0.2, 0.25) is 0 Å². The molecular formula is C18H30N2. The van der Waals surface area contributed by atoms with Crippen LogP contribution in [0.4, 0.5) is 0 Å². The van der Waals surface area contributed by atoms with Gasteiger partial charge in [-0.2, -0.15) is 0 Å². The second-order valence-corrected chi connectivity index (χ2v) is 6.62. The van der Waals surface area contributed by atoms with Crippen molar-refractivity contribution in [3.05, 3.63) is 35.4 Å². The number of nitrogens with zero attached hydrogens (tertiary/aromatic N) is 1. The van der Waals surface area contributed by atoms with E-state index in [1.165, 1.54) is 43.2 Å². The number of hydrogen-bond acceptors (Lipinski definition) is 2. The fraction of sp³-hybridized carbons (Fsp3) is 0.667. The Bertz CT molecular complexity index is 402. The van der Waals surface area contributed by atoms with E-state index in [2.05, 4.69) is 50.1 Å². The summed E-state index contributed by atoms with van der Waals surface area (Å²) < 4.78 is 0. The van der Waals surface area contributed by atoms with Crippen molar-refractivity contribution in [1.29, 1.82) is 0 Å². The molecule has 0 spiro atoms. The summed E-state index contributed by atoms with van der Waals surface area (Å²) in [4.78, 5) is 2.50. The monoisotopic (exact) mass is 274 g/mol. The lowest BCUT2D eigenvalue weighted by atomic mass is 9.74. The van der Waals surface area contributed by atoms with E-state index >= 15 is 0 Å². The quantitative estimate of drug-likeness (QED) is 0.886. The molecule has 2 nitrogen and oxygen atoms in total. The van der Waals surface area contributed by atoms with Gasteiger partial charge in [-0.3, -0.25) is 4.90 Å². The molecule has 1 aliphatic carbocycles. The molecule has 1 aromatic rings. The summed E-state index contributed by atoms with van der Waals surface area (Å²) >= 11 is 0. The van der Waals surface area contributed by atoms with Crippen molar-refractivity contribution in [2.24, 2.45) is 11.7 Å². The Morgan fingerprint density at radius 1 is 1.20 bits per heavy atom. The summed E-state index contributed by atoms with van der Waals surface area (Å²) in [6.45, 7) is 6.25. The van der Waals surface area contributed by atoms with Crippen LogP contribution in [0.3, 0.4) is 0 Å². The van der Waals surface area contributed by atoms with E-state index in [4.69, 9.17) is 5.73 Å². The molecule has 0 unspecified atom stereocenters. The molecule has 0 saturated heterocycles. The van der Waals surface area contributed by atoms with Crippen molar-refractivity contribution in [3.8, 4) is 0 Å². The number of likely N-dealkylation sites (N-methyl/N-ethyl adjacent to an activating group) is 1. The minimum absolute atomic E-state index is 0.219. The van der Waals surface area contributed by atoms with Gasteiger partial charge in [0.15, 0.2) is 0 Å². The van der Waals surface area contributed by atoms with Gasteiger partial charge >= 0.3 is 0 Å². The maximum Gasteiger partial charge on any atom is 0.0332 e. The van der Waals surface area contributed by atoms with Gasteiger partial charge in [-0.1, -0.05) is 43.2 Å². The Balaban J connectivity index is 2.02. The van der Waals surface area contributed by atoms with Gasteiger partial charge in [0.05, 0.1) is 0 Å². The third-order valence-corrected chi connectivity index (χ3v) is 5.34. The largest absolute Gasteiger partial charge is 0.329 e. The van der Waals surface area contributed by atoms with Crippen LogP contribution in [0.25, 0.3) is 0 Å². The number of nitrogens with two attached hydrogens (primary N) is 1. The van der Waals surface area contributed by atoms with E-state index < -0.39 is 0 Å². The summed E-state index contributed by atoms with van der Waals surface area (Å²) in [6.07, 6.45) is 6.51. The van der Waals surface area contributed by atoms with Crippen molar-refractivity contribution >= 4 is 0 Å². The molecule has 2 heteroatoms. The smallest absolute Gasteiger partial charge is 0.0332 e. The molecule has 0 atom stereocenters. The van der Waals surface area contributed by atoms with E-state index in [1.54, 1.807) is 0 Å². The highest BCUT2D eigenvalue weighted by molar-refractivity contribution is 5.21. The predicted molar refractivity (Wildman–Crippen MR) is 86.7 cm³/mol. The molecule has 1 aliphatic rings. The maximum absolute atomic E-state index is 6.16. The fourth-order valence-electron chi connectivity index (χ4n) is 3.50. The van der Waals surface area contributed by atoms with Crippen LogP contribution in [-0.4, -0.2) is 24.0 Å². The molecule has 0 bridgehead atoms. The Morgan fingerprint density at radius 3 is 2.30 bits per heavy atom. The van der Waals surface area contributed by atoms with Crippen LogP contribution in [0.1, 0.15) is 50.2 Å². The zero-order valence-electron chi connectivity index (χ0n) is 13.4. The Labute approximate surface area is 124 Å². The van der Waals surface area contributed by atoms with E-state index in [-0.39, 0.29) is 5.54 Å². The van der Waals surface area contributed by atoms with E-state index in [0.717, 1.165) is 19.0 Å². The predicted octanol–water partition coefficient (Wildman–Crippen LogP) is 3.72. The molecular weight excluding hydrogens is 244 g/mol. The van der Waals surface area contributed by atoms with Gasteiger partial charge in [0.1, 0.15) is 0 Å². The molecule has 2 N–H and O–H groups in total. The van der Waals surface area contributed by atoms with Gasteiger partial charge in [-0.05, 0) is 51.1 Å². The van der Waals surface area contributed by atoms with Crippen LogP contribution in [0.5, 0.6) is 0 Å². The molecule has 0 aliphatic heterocycles. The molecule has 1 aromatic carbocycles. The SMILES string of the molecule is CCC1CCC(CN)(N(C)Cc2ccc(C)cc2)CC1. The van der Waals surface area contributed by atoms with E-state index in [1.807, 2.05) is 0 Å². The lowest BCUT2D eigenvalue weighted by Crippen LogP contribution is -2.53. The molecule has 0 radical (unpaired) electrons. The Morgan fingerprint density at radius 2 is 1.80 bits per heavy atom. The van der Waals surface area contributed by atoms with Gasteiger partial charge in [0, 0.05) is 18.6 Å². The minimum atomic E-state index is 0.219. The number of benzene rings is 1. The Kier molecular flexibility index (Phi) is 5.22. The number of aryl methyl sites for hydroxylation is 1. The van der Waals surface area contributed by atoms with Crippen molar-refractivity contribution in [1.82, 2.24) is 4.90 Å². The second kappa shape index (κ2) is 6.73. The van der Waals surface area contributed by atoms with Crippen LogP contribution in [0.2, 0.25) is 0 Å². The van der Waals surface area contributed by atoms with Crippen LogP contribution < -0.4 is 5.73 Å². The summed E-state index contributed by atoms with van der Waals surface area (Å²) in [7, 11) is 2.25. The average Bonchev–Trinajstić information content (AvgIpc) is 2.49. The normalized spacial score (nSPS) is 26.9. The highest BCUT2D eigenvalue weighted by Crippen LogP contribution is 2.37. The van der Waals surface area contributed by atoms with Crippen molar-refractivity contribution in [2.45, 2.75) is 58.0 Å². The molecule has 0 amide bonds. The van der Waals surface area contributed by atoms with Gasteiger partial charge in [-0.25, -0.2) is 0 Å². The lowest BCUT2D eigenvalue weighted by molar-refractivity contribution is 0.0579. The Hall–Kier alpha value is -0.860. The first kappa shape index (κ1) is 15.5. The summed E-state index contributed by atoms with van der Waals surface area (Å²) in [6, 6.07) is 8.89. The van der Waals surface area contributed by atoms with Crippen molar-refractivity contribution in [3.63, 3.8) is 0 Å². The number of hydrogen-bond donors (Lipinski definition) is 1. The highest BCUT2D eigenvalue weighted by Gasteiger charge is 2.36. The molecule has 20 heavy (non-hydrogen) atoms. The summed E-state index contributed by atoms with van der Waals surface area (Å²) in [5.74, 6) is 0.919. The zero-order valence-corrected chi connectivity index (χ0v) is 13.4. The van der Waals surface area contributed by atoms with Crippen LogP contribution in [0, 0.1) is 12.8 Å². The lowest BCUT2D eigenvalue weighted by Gasteiger charge is -2.46. The standard InChI is InChI=1S/C18H30N2/c1-4-16-9-11-18(14-19,12-10-16)20(3)13-17-7-5-15(2)6-8-17/h5-8,16H,4,9-14,19H2,1-3H3. The molecule has 1 saturated carbocycles. The van der Waals surface area contributed by atoms with E-state index in [9.17, 15) is 0 Å². The van der Waals surface area contributed by atoms with Gasteiger partial charge in [0.25, 0.3) is 0 Å². The fourth-order valence-corrected chi connectivity index (χ4v) is 3.50. The maximum atomic E-state index is 6.16. The van der Waals surface area contributed by atoms with Crippen LogP contribution in [0.15, 0.2) is 24.3 Å².